The molecule has 11 heteroatoms. The quantitative estimate of drug-likeness (QED) is 0.234. The Hall–Kier alpha value is -2.44. The maximum atomic E-state index is 10.9. The summed E-state index contributed by atoms with van der Waals surface area (Å²) in [5.74, 6) is 1.16. The maximum absolute atomic E-state index is 10.9. The molecule has 212 valence electrons. The van der Waals surface area contributed by atoms with Crippen molar-refractivity contribution < 1.29 is 20.1 Å². The monoisotopic (exact) mass is 556 g/mol. The predicted molar refractivity (Wildman–Crippen MR) is 153 cm³/mol. The Labute approximate surface area is 233 Å². The zero-order valence-corrected chi connectivity index (χ0v) is 24.0. The summed E-state index contributed by atoms with van der Waals surface area (Å²) < 4.78 is 6.90. The van der Waals surface area contributed by atoms with Crippen molar-refractivity contribution in [1.29, 1.82) is 0 Å². The fourth-order valence-electron chi connectivity index (χ4n) is 5.82. The Morgan fingerprint density at radius 3 is 2.54 bits per heavy atom. The molecule has 5 N–H and O–H groups in total. The van der Waals surface area contributed by atoms with Crippen LogP contribution in [0.5, 0.6) is 0 Å². The lowest BCUT2D eigenvalue weighted by Crippen LogP contribution is -2.40. The Bertz CT molecular complexity index is 1290. The van der Waals surface area contributed by atoms with E-state index in [1.54, 1.807) is 20.0 Å². The van der Waals surface area contributed by atoms with Crippen LogP contribution in [0, 0.1) is 25.7 Å². The lowest BCUT2D eigenvalue weighted by molar-refractivity contribution is -0.0601. The summed E-state index contributed by atoms with van der Waals surface area (Å²) in [6, 6.07) is 1.43. The highest BCUT2D eigenvalue weighted by atomic mass is 32.1. The number of nitrogens with one attached hydrogen (secondary N) is 2. The van der Waals surface area contributed by atoms with Gasteiger partial charge in [-0.1, -0.05) is 12.8 Å². The highest BCUT2D eigenvalue weighted by molar-refractivity contribution is 7.21. The highest BCUT2D eigenvalue weighted by Gasteiger charge is 2.48. The van der Waals surface area contributed by atoms with E-state index < -0.39 is 29.8 Å². The van der Waals surface area contributed by atoms with Crippen LogP contribution < -0.4 is 10.6 Å². The number of aryl methyl sites for hydroxylation is 2. The smallest absolute Gasteiger partial charge is 0.224 e. The topological polar surface area (TPSA) is 146 Å². The second-order valence-electron chi connectivity index (χ2n) is 11.5. The molecule has 0 amide bonds. The molecule has 3 aromatic heterocycles. The molecule has 0 bridgehead atoms. The molecule has 0 aliphatic heterocycles. The van der Waals surface area contributed by atoms with Crippen LogP contribution in [0.25, 0.3) is 20.8 Å². The number of aliphatic hydroxyl groups is 3. The first-order valence-corrected chi connectivity index (χ1v) is 14.7. The van der Waals surface area contributed by atoms with Crippen LogP contribution in [-0.4, -0.2) is 78.9 Å². The standard InChI is InChI=1S/C28H40N6O4S/c1-15-21(26-33-22-16(2)29-10-9-20(22)39-26)25(32-19-13-18(28(3,4)37)23(35)24(19)36)34-27(31-15)30-11-12-38-14-17-7-5-6-8-17/h9-10,17-19,23-24,35-37H,5-8,11-14H2,1-4H3,(H2,30,31,32,34). The van der Waals surface area contributed by atoms with Crippen molar-refractivity contribution in [3.63, 3.8) is 0 Å². The average molecular weight is 557 g/mol. The van der Waals surface area contributed by atoms with Gasteiger partial charge in [-0.25, -0.2) is 9.97 Å². The van der Waals surface area contributed by atoms with E-state index in [2.05, 4.69) is 15.6 Å². The first kappa shape index (κ1) is 28.1. The van der Waals surface area contributed by atoms with E-state index in [1.165, 1.54) is 37.0 Å². The average Bonchev–Trinajstić information content (AvgIpc) is 3.60. The van der Waals surface area contributed by atoms with Crippen molar-refractivity contribution in [2.24, 2.45) is 11.8 Å². The lowest BCUT2D eigenvalue weighted by Gasteiger charge is -2.28. The van der Waals surface area contributed by atoms with Crippen LogP contribution in [-0.2, 0) is 4.74 Å². The van der Waals surface area contributed by atoms with E-state index in [1.807, 2.05) is 19.9 Å². The third-order valence-corrected chi connectivity index (χ3v) is 9.10. The van der Waals surface area contributed by atoms with Gasteiger partial charge >= 0.3 is 0 Å². The van der Waals surface area contributed by atoms with Crippen molar-refractivity contribution in [2.75, 3.05) is 30.4 Å². The van der Waals surface area contributed by atoms with Crippen molar-refractivity contribution >= 4 is 33.3 Å². The number of aliphatic hydroxyl groups excluding tert-OH is 2. The number of pyridine rings is 1. The summed E-state index contributed by atoms with van der Waals surface area (Å²) in [5.41, 5.74) is 2.03. The summed E-state index contributed by atoms with van der Waals surface area (Å²) in [4.78, 5) is 18.8. The van der Waals surface area contributed by atoms with Gasteiger partial charge in [-0.15, -0.1) is 11.3 Å². The molecular weight excluding hydrogens is 516 g/mol. The number of anilines is 2. The lowest BCUT2D eigenvalue weighted by atomic mass is 9.88. The fourth-order valence-corrected chi connectivity index (χ4v) is 6.93. The summed E-state index contributed by atoms with van der Waals surface area (Å²) in [6.07, 6.45) is 5.15. The third kappa shape index (κ3) is 6.17. The molecule has 3 aromatic rings. The Balaban J connectivity index is 1.40. The zero-order valence-electron chi connectivity index (χ0n) is 23.1. The number of nitrogens with zero attached hydrogens (tertiary/aromatic N) is 4. The SMILES string of the molecule is Cc1nc(NCCOCC2CCCC2)nc(NC2CC(C(C)(C)O)C(O)C2O)c1-c1nc2c(C)nccc2s1. The molecule has 2 aliphatic carbocycles. The molecule has 5 rings (SSSR count). The van der Waals surface area contributed by atoms with E-state index in [0.29, 0.717) is 37.3 Å². The molecule has 0 spiro atoms. The maximum Gasteiger partial charge on any atom is 0.224 e. The Morgan fingerprint density at radius 2 is 1.85 bits per heavy atom. The number of thiazole rings is 1. The van der Waals surface area contributed by atoms with Gasteiger partial charge < -0.3 is 30.7 Å². The largest absolute Gasteiger partial charge is 0.390 e. The summed E-state index contributed by atoms with van der Waals surface area (Å²) >= 11 is 1.54. The van der Waals surface area contributed by atoms with E-state index in [0.717, 1.165) is 38.8 Å². The van der Waals surface area contributed by atoms with Crippen LogP contribution in [0.2, 0.25) is 0 Å². The van der Waals surface area contributed by atoms with Crippen LogP contribution in [0.4, 0.5) is 11.8 Å². The molecular formula is C28H40N6O4S. The van der Waals surface area contributed by atoms with Crippen LogP contribution >= 0.6 is 11.3 Å². The molecule has 2 fully saturated rings. The molecule has 2 saturated carbocycles. The zero-order chi connectivity index (χ0) is 27.7. The summed E-state index contributed by atoms with van der Waals surface area (Å²) in [5, 5.41) is 39.5. The van der Waals surface area contributed by atoms with Gasteiger partial charge in [0.15, 0.2) is 0 Å². The van der Waals surface area contributed by atoms with Crippen LogP contribution in [0.3, 0.4) is 0 Å². The number of aromatic nitrogens is 4. The molecule has 3 heterocycles. The van der Waals surface area contributed by atoms with E-state index >= 15 is 0 Å². The minimum absolute atomic E-state index is 0.384. The number of hydrogen-bond acceptors (Lipinski definition) is 11. The molecule has 4 atom stereocenters. The van der Waals surface area contributed by atoms with Crippen molar-refractivity contribution in [3.05, 3.63) is 23.7 Å². The number of hydrogen-bond donors (Lipinski definition) is 5. The van der Waals surface area contributed by atoms with E-state index in [4.69, 9.17) is 19.7 Å². The van der Waals surface area contributed by atoms with Gasteiger partial charge in [0.2, 0.25) is 5.95 Å². The summed E-state index contributed by atoms with van der Waals surface area (Å²) in [7, 11) is 0. The van der Waals surface area contributed by atoms with E-state index in [-0.39, 0.29) is 0 Å². The second kappa shape index (κ2) is 11.6. The van der Waals surface area contributed by atoms with Crippen molar-refractivity contribution in [1.82, 2.24) is 19.9 Å². The van der Waals surface area contributed by atoms with Crippen LogP contribution in [0.15, 0.2) is 12.3 Å². The van der Waals surface area contributed by atoms with Gasteiger partial charge in [-0.2, -0.15) is 4.98 Å². The molecule has 39 heavy (non-hydrogen) atoms. The van der Waals surface area contributed by atoms with Crippen LogP contribution in [0.1, 0.15) is 57.3 Å². The van der Waals surface area contributed by atoms with Gasteiger partial charge in [0, 0.05) is 25.3 Å². The van der Waals surface area contributed by atoms with Gasteiger partial charge in [0.1, 0.15) is 22.4 Å². The van der Waals surface area contributed by atoms with Gasteiger partial charge in [-0.3, -0.25) is 4.98 Å². The third-order valence-electron chi connectivity index (χ3n) is 8.06. The molecule has 2 aliphatic rings. The molecule has 0 saturated heterocycles. The first-order valence-electron chi connectivity index (χ1n) is 13.9. The minimum Gasteiger partial charge on any atom is -0.390 e. The molecule has 0 radical (unpaired) electrons. The van der Waals surface area contributed by atoms with E-state index in [9.17, 15) is 15.3 Å². The molecule has 4 unspecified atom stereocenters. The Morgan fingerprint density at radius 1 is 1.08 bits per heavy atom. The second-order valence-corrected chi connectivity index (χ2v) is 12.5. The number of ether oxygens (including phenoxy) is 1. The van der Waals surface area contributed by atoms with Crippen molar-refractivity contribution in [3.8, 4) is 10.6 Å². The van der Waals surface area contributed by atoms with Gasteiger partial charge in [0.05, 0.1) is 46.0 Å². The minimum atomic E-state index is -1.13. The van der Waals surface area contributed by atoms with Crippen molar-refractivity contribution in [2.45, 2.75) is 83.6 Å². The first-order chi connectivity index (χ1) is 18.6. The number of rotatable bonds is 10. The fraction of sp³-hybridized carbons (Fsp3) is 0.643. The summed E-state index contributed by atoms with van der Waals surface area (Å²) in [6.45, 7) is 9.10. The molecule has 0 aromatic carbocycles. The Kier molecular flexibility index (Phi) is 8.34. The predicted octanol–water partition coefficient (Wildman–Crippen LogP) is 3.68. The highest BCUT2D eigenvalue weighted by Crippen LogP contribution is 2.40. The normalized spacial score (nSPS) is 24.1. The van der Waals surface area contributed by atoms with Gasteiger partial charge in [-0.05, 0) is 58.9 Å². The van der Waals surface area contributed by atoms with Gasteiger partial charge in [0.25, 0.3) is 0 Å². The molecule has 10 nitrogen and oxygen atoms in total. The number of fused-ring (bicyclic) bond motifs is 1.